The molecule has 2 unspecified atom stereocenters. The van der Waals surface area contributed by atoms with E-state index in [0.29, 0.717) is 0 Å². The number of carbonyl (C=O) groups is 1. The SMILES string of the molecule is C=CC1C(c2ccc3c(c2)CCCC3)=C(C)C(C)=C(C)C1(C)C(=O)OC. The van der Waals surface area contributed by atoms with Gasteiger partial charge in [-0.15, -0.1) is 6.58 Å². The predicted octanol–water partition coefficient (Wildman–Crippen LogP) is 5.67. The lowest BCUT2D eigenvalue weighted by Crippen LogP contribution is -2.40. The number of carbonyl (C=O) groups excluding carboxylic acids is 1. The van der Waals surface area contributed by atoms with Gasteiger partial charge < -0.3 is 4.74 Å². The van der Waals surface area contributed by atoms with Crippen LogP contribution in [-0.4, -0.2) is 13.1 Å². The Labute approximate surface area is 157 Å². The summed E-state index contributed by atoms with van der Waals surface area (Å²) in [7, 11) is 1.47. The molecule has 2 heteroatoms. The van der Waals surface area contributed by atoms with Gasteiger partial charge in [-0.05, 0) is 86.8 Å². The smallest absolute Gasteiger partial charge is 0.316 e. The zero-order valence-electron chi connectivity index (χ0n) is 16.7. The Hall–Kier alpha value is -2.09. The van der Waals surface area contributed by atoms with Crippen molar-refractivity contribution in [1.82, 2.24) is 0 Å². The highest BCUT2D eigenvalue weighted by atomic mass is 16.5. The van der Waals surface area contributed by atoms with E-state index in [1.54, 1.807) is 0 Å². The van der Waals surface area contributed by atoms with Gasteiger partial charge in [0.25, 0.3) is 0 Å². The molecular weight excluding hydrogens is 320 g/mol. The molecule has 0 radical (unpaired) electrons. The number of fused-ring (bicyclic) bond motifs is 1. The highest BCUT2D eigenvalue weighted by Gasteiger charge is 2.48. The third-order valence-corrected chi connectivity index (χ3v) is 6.75. The molecule has 0 bridgehead atoms. The topological polar surface area (TPSA) is 26.3 Å². The average molecular weight is 351 g/mol. The van der Waals surface area contributed by atoms with Crippen LogP contribution in [0, 0.1) is 11.3 Å². The van der Waals surface area contributed by atoms with Crippen LogP contribution in [0.15, 0.2) is 47.6 Å². The standard InChI is InChI=1S/C24H30O2/c1-7-21-22(20-13-12-18-10-8-9-11-19(18)14-20)16(3)15(2)17(4)24(21,5)23(25)26-6/h7,12-14,21H,1,8-11H2,2-6H3. The first kappa shape index (κ1) is 18.7. The fourth-order valence-corrected chi connectivity index (χ4v) is 4.77. The summed E-state index contributed by atoms with van der Waals surface area (Å²) < 4.78 is 5.21. The number of hydrogen-bond donors (Lipinski definition) is 0. The zero-order valence-corrected chi connectivity index (χ0v) is 16.7. The van der Waals surface area contributed by atoms with E-state index in [9.17, 15) is 4.79 Å². The molecule has 0 heterocycles. The minimum atomic E-state index is -0.717. The maximum absolute atomic E-state index is 12.8. The van der Waals surface area contributed by atoms with Crippen molar-refractivity contribution in [2.75, 3.05) is 7.11 Å². The van der Waals surface area contributed by atoms with E-state index in [1.807, 2.05) is 13.0 Å². The Morgan fingerprint density at radius 1 is 1.15 bits per heavy atom. The van der Waals surface area contributed by atoms with Gasteiger partial charge in [0.2, 0.25) is 0 Å². The van der Waals surface area contributed by atoms with E-state index in [4.69, 9.17) is 4.74 Å². The number of allylic oxidation sites excluding steroid dienone is 4. The maximum Gasteiger partial charge on any atom is 0.316 e. The second kappa shape index (κ2) is 6.90. The zero-order chi connectivity index (χ0) is 19.1. The lowest BCUT2D eigenvalue weighted by molar-refractivity contribution is -0.150. The molecular formula is C24H30O2. The molecule has 26 heavy (non-hydrogen) atoms. The van der Waals surface area contributed by atoms with E-state index < -0.39 is 5.41 Å². The fraction of sp³-hybridized carbons (Fsp3) is 0.458. The molecule has 1 aromatic rings. The molecule has 138 valence electrons. The molecule has 1 aromatic carbocycles. The van der Waals surface area contributed by atoms with Gasteiger partial charge in [0, 0.05) is 5.92 Å². The number of rotatable bonds is 3. The van der Waals surface area contributed by atoms with Crippen LogP contribution < -0.4 is 0 Å². The molecule has 2 aliphatic carbocycles. The van der Waals surface area contributed by atoms with Gasteiger partial charge in [-0.2, -0.15) is 0 Å². The molecule has 3 rings (SSSR count). The Kier molecular flexibility index (Phi) is 4.96. The number of ether oxygens (including phenoxy) is 1. The molecule has 0 aromatic heterocycles. The molecule has 0 amide bonds. The van der Waals surface area contributed by atoms with Crippen LogP contribution in [0.5, 0.6) is 0 Å². The van der Waals surface area contributed by atoms with Gasteiger partial charge in [0.15, 0.2) is 0 Å². The Balaban J connectivity index is 2.21. The number of aryl methyl sites for hydroxylation is 2. The lowest BCUT2D eigenvalue weighted by Gasteiger charge is -2.42. The summed E-state index contributed by atoms with van der Waals surface area (Å²) >= 11 is 0. The summed E-state index contributed by atoms with van der Waals surface area (Å²) in [5, 5.41) is 0. The van der Waals surface area contributed by atoms with Gasteiger partial charge in [-0.3, -0.25) is 4.79 Å². The summed E-state index contributed by atoms with van der Waals surface area (Å²) in [6.07, 6.45) is 6.79. The molecule has 2 nitrogen and oxygen atoms in total. The second-order valence-corrected chi connectivity index (χ2v) is 7.89. The van der Waals surface area contributed by atoms with Gasteiger partial charge in [0.1, 0.15) is 0 Å². The first-order valence-corrected chi connectivity index (χ1v) is 9.58. The van der Waals surface area contributed by atoms with E-state index in [1.165, 1.54) is 59.8 Å². The molecule has 0 saturated carbocycles. The first-order valence-electron chi connectivity index (χ1n) is 9.58. The van der Waals surface area contributed by atoms with E-state index in [0.717, 1.165) is 12.0 Å². The lowest BCUT2D eigenvalue weighted by atomic mass is 9.61. The summed E-state index contributed by atoms with van der Waals surface area (Å²) in [4.78, 5) is 12.8. The van der Waals surface area contributed by atoms with E-state index >= 15 is 0 Å². The van der Waals surface area contributed by atoms with Gasteiger partial charge in [-0.1, -0.05) is 29.8 Å². The van der Waals surface area contributed by atoms with Gasteiger partial charge >= 0.3 is 5.97 Å². The number of benzene rings is 1. The highest BCUT2D eigenvalue weighted by Crippen LogP contribution is 2.52. The maximum atomic E-state index is 12.8. The summed E-state index contributed by atoms with van der Waals surface area (Å²) in [5.41, 5.74) is 8.16. The van der Waals surface area contributed by atoms with Crippen LogP contribution in [0.2, 0.25) is 0 Å². The highest BCUT2D eigenvalue weighted by molar-refractivity contribution is 5.90. The largest absolute Gasteiger partial charge is 0.468 e. The third-order valence-electron chi connectivity index (χ3n) is 6.75. The van der Waals surface area contributed by atoms with Gasteiger partial charge in [0.05, 0.1) is 12.5 Å². The Morgan fingerprint density at radius 2 is 1.81 bits per heavy atom. The van der Waals surface area contributed by atoms with Crippen LogP contribution in [0.25, 0.3) is 5.57 Å². The molecule has 0 fully saturated rings. The molecule has 0 N–H and O–H groups in total. The van der Waals surface area contributed by atoms with Crippen LogP contribution in [-0.2, 0) is 22.4 Å². The molecule has 0 saturated heterocycles. The average Bonchev–Trinajstić information content (AvgIpc) is 2.67. The molecule has 2 atom stereocenters. The van der Waals surface area contributed by atoms with Crippen molar-refractivity contribution in [2.45, 2.75) is 53.4 Å². The van der Waals surface area contributed by atoms with Crippen molar-refractivity contribution in [3.8, 4) is 0 Å². The minimum Gasteiger partial charge on any atom is -0.468 e. The van der Waals surface area contributed by atoms with Crippen molar-refractivity contribution >= 4 is 11.5 Å². The summed E-state index contributed by atoms with van der Waals surface area (Å²) in [6, 6.07) is 6.85. The second-order valence-electron chi connectivity index (χ2n) is 7.89. The Morgan fingerprint density at radius 3 is 2.42 bits per heavy atom. The molecule has 0 spiro atoms. The Bertz CT molecular complexity index is 825. The monoisotopic (exact) mass is 350 g/mol. The predicted molar refractivity (Wildman–Crippen MR) is 108 cm³/mol. The van der Waals surface area contributed by atoms with Crippen molar-refractivity contribution in [2.24, 2.45) is 11.3 Å². The summed E-state index contributed by atoms with van der Waals surface area (Å²) in [5.74, 6) is -0.289. The minimum absolute atomic E-state index is 0.0970. The van der Waals surface area contributed by atoms with Crippen molar-refractivity contribution in [3.05, 3.63) is 64.3 Å². The van der Waals surface area contributed by atoms with Crippen molar-refractivity contribution in [1.29, 1.82) is 0 Å². The van der Waals surface area contributed by atoms with Crippen LogP contribution in [0.4, 0.5) is 0 Å². The van der Waals surface area contributed by atoms with Crippen LogP contribution in [0.1, 0.15) is 57.2 Å². The number of methoxy groups -OCH3 is 1. The van der Waals surface area contributed by atoms with Crippen molar-refractivity contribution in [3.63, 3.8) is 0 Å². The van der Waals surface area contributed by atoms with E-state index in [2.05, 4.69) is 45.5 Å². The molecule has 2 aliphatic rings. The van der Waals surface area contributed by atoms with Gasteiger partial charge in [-0.25, -0.2) is 0 Å². The quantitative estimate of drug-likeness (QED) is 0.518. The normalized spacial score (nSPS) is 25.8. The first-order chi connectivity index (χ1) is 12.4. The van der Waals surface area contributed by atoms with Crippen LogP contribution >= 0.6 is 0 Å². The third kappa shape index (κ3) is 2.67. The number of hydrogen-bond acceptors (Lipinski definition) is 2. The number of esters is 1. The fourth-order valence-electron chi connectivity index (χ4n) is 4.77. The van der Waals surface area contributed by atoms with Crippen LogP contribution in [0.3, 0.4) is 0 Å². The van der Waals surface area contributed by atoms with Crippen molar-refractivity contribution < 1.29 is 9.53 Å². The van der Waals surface area contributed by atoms with E-state index in [-0.39, 0.29) is 11.9 Å². The molecule has 0 aliphatic heterocycles. The summed E-state index contributed by atoms with van der Waals surface area (Å²) in [6.45, 7) is 12.4.